The van der Waals surface area contributed by atoms with E-state index in [9.17, 15) is 8.42 Å². The molecule has 0 saturated carbocycles. The molecule has 144 valence electrons. The normalized spacial score (nSPS) is 15.4. The molecule has 1 aliphatic heterocycles. The van der Waals surface area contributed by atoms with Gasteiger partial charge in [0.25, 0.3) is 10.0 Å². The summed E-state index contributed by atoms with van der Waals surface area (Å²) in [6.07, 6.45) is 4.63. The number of hydrogen-bond donors (Lipinski definition) is 1. The van der Waals surface area contributed by atoms with Crippen molar-refractivity contribution in [2.75, 3.05) is 18.4 Å². The molecule has 0 atom stereocenters. The Hall–Kier alpha value is -2.23. The average Bonchev–Trinajstić information content (AvgIpc) is 3.22. The molecule has 0 unspecified atom stereocenters. The van der Waals surface area contributed by atoms with Crippen LogP contribution in [0.4, 0.5) is 11.6 Å². The lowest BCUT2D eigenvalue weighted by atomic mass is 9.96. The lowest BCUT2D eigenvalue weighted by Crippen LogP contribution is -2.35. The van der Waals surface area contributed by atoms with Gasteiger partial charge in [0.1, 0.15) is 12.1 Å². The van der Waals surface area contributed by atoms with Gasteiger partial charge in [-0.25, -0.2) is 18.4 Å². The molecule has 3 aromatic rings. The van der Waals surface area contributed by atoms with E-state index in [1.807, 2.05) is 38.2 Å². The molecule has 0 spiro atoms. The Morgan fingerprint density at radius 2 is 1.75 bits per heavy atom. The number of aromatic nitrogens is 2. The third kappa shape index (κ3) is 4.11. The summed E-state index contributed by atoms with van der Waals surface area (Å²) >= 11 is 1.26. The standard InChI is InChI=1S/C19H21BN4O2S2/c20-14-4-6-15(7-5-14)22-19-21-11-10-16(23-19)17-8-9-18(27-17)28(25,26)24-12-2-1-3-13-24/h4-11H,1-3,12-13,20H2,(H,21,22,23). The number of nitrogens with zero attached hydrogens (tertiary/aromatic N) is 3. The Bertz CT molecular complexity index is 1060. The highest BCUT2D eigenvalue weighted by Gasteiger charge is 2.27. The summed E-state index contributed by atoms with van der Waals surface area (Å²) < 4.78 is 27.7. The maximum Gasteiger partial charge on any atom is 0.252 e. The Morgan fingerprint density at radius 3 is 2.50 bits per heavy atom. The third-order valence-corrected chi connectivity index (χ3v) is 8.18. The number of anilines is 2. The molecular formula is C19H21BN4O2S2. The van der Waals surface area contributed by atoms with E-state index < -0.39 is 10.0 Å². The van der Waals surface area contributed by atoms with Gasteiger partial charge in [0.05, 0.1) is 10.6 Å². The Labute approximate surface area is 170 Å². The molecule has 4 rings (SSSR count). The zero-order valence-electron chi connectivity index (χ0n) is 15.6. The zero-order chi connectivity index (χ0) is 19.6. The summed E-state index contributed by atoms with van der Waals surface area (Å²) in [5.41, 5.74) is 2.79. The second-order valence-electron chi connectivity index (χ2n) is 6.84. The smallest absolute Gasteiger partial charge is 0.252 e. The number of sulfonamides is 1. The fourth-order valence-corrected chi connectivity index (χ4v) is 6.10. The predicted molar refractivity (Wildman–Crippen MR) is 116 cm³/mol. The molecular weight excluding hydrogens is 391 g/mol. The van der Waals surface area contributed by atoms with Crippen LogP contribution in [0.1, 0.15) is 19.3 Å². The topological polar surface area (TPSA) is 75.2 Å². The van der Waals surface area contributed by atoms with Crippen LogP contribution in [0.2, 0.25) is 0 Å². The molecule has 0 amide bonds. The summed E-state index contributed by atoms with van der Waals surface area (Å²) in [6, 6.07) is 13.3. The lowest BCUT2D eigenvalue weighted by Gasteiger charge is -2.25. The van der Waals surface area contributed by atoms with Crippen molar-refractivity contribution in [3.05, 3.63) is 48.7 Å². The fourth-order valence-electron chi connectivity index (χ4n) is 3.15. The predicted octanol–water partition coefficient (Wildman–Crippen LogP) is 2.38. The summed E-state index contributed by atoms with van der Waals surface area (Å²) in [5.74, 6) is 0.482. The lowest BCUT2D eigenvalue weighted by molar-refractivity contribution is 0.347. The van der Waals surface area contributed by atoms with Gasteiger partial charge in [-0.2, -0.15) is 4.31 Å². The van der Waals surface area contributed by atoms with Crippen LogP contribution in [0, 0.1) is 0 Å². The van der Waals surface area contributed by atoms with E-state index >= 15 is 0 Å². The van der Waals surface area contributed by atoms with Crippen molar-refractivity contribution in [1.82, 2.24) is 14.3 Å². The maximum absolute atomic E-state index is 12.9. The van der Waals surface area contributed by atoms with Gasteiger partial charge in [-0.05, 0) is 43.2 Å². The number of rotatable bonds is 5. The number of thiophene rings is 1. The molecule has 0 radical (unpaired) electrons. The molecule has 6 nitrogen and oxygen atoms in total. The van der Waals surface area contributed by atoms with Crippen LogP contribution in [0.5, 0.6) is 0 Å². The highest BCUT2D eigenvalue weighted by Crippen LogP contribution is 2.32. The van der Waals surface area contributed by atoms with E-state index in [0.717, 1.165) is 29.8 Å². The molecule has 1 aliphatic rings. The van der Waals surface area contributed by atoms with Gasteiger partial charge in [0, 0.05) is 25.0 Å². The molecule has 1 fully saturated rings. The van der Waals surface area contributed by atoms with E-state index in [1.54, 1.807) is 22.6 Å². The van der Waals surface area contributed by atoms with Crippen LogP contribution in [-0.2, 0) is 10.0 Å². The van der Waals surface area contributed by atoms with Gasteiger partial charge in [0.2, 0.25) is 5.95 Å². The van der Waals surface area contributed by atoms with E-state index in [-0.39, 0.29) is 0 Å². The second-order valence-corrected chi connectivity index (χ2v) is 10.1. The molecule has 0 bridgehead atoms. The minimum Gasteiger partial charge on any atom is -0.324 e. The van der Waals surface area contributed by atoms with Gasteiger partial charge in [-0.3, -0.25) is 0 Å². The van der Waals surface area contributed by atoms with Gasteiger partial charge >= 0.3 is 0 Å². The Balaban J connectivity index is 1.56. The van der Waals surface area contributed by atoms with E-state index in [1.165, 1.54) is 16.8 Å². The Morgan fingerprint density at radius 1 is 1.00 bits per heavy atom. The number of piperidine rings is 1. The van der Waals surface area contributed by atoms with Gasteiger partial charge < -0.3 is 5.32 Å². The SMILES string of the molecule is Bc1ccc(Nc2nccc(-c3ccc(S(=O)(=O)N4CCCCC4)s3)n2)cc1. The minimum atomic E-state index is -3.42. The molecule has 1 aromatic carbocycles. The highest BCUT2D eigenvalue weighted by atomic mass is 32.2. The fraction of sp³-hybridized carbons (Fsp3) is 0.263. The first-order valence-electron chi connectivity index (χ1n) is 9.29. The number of hydrogen-bond acceptors (Lipinski definition) is 6. The third-order valence-electron chi connectivity index (χ3n) is 4.71. The first-order chi connectivity index (χ1) is 13.5. The van der Waals surface area contributed by atoms with Gasteiger partial charge in [-0.15, -0.1) is 11.3 Å². The van der Waals surface area contributed by atoms with Crippen LogP contribution in [0.3, 0.4) is 0 Å². The van der Waals surface area contributed by atoms with Crippen molar-refractivity contribution in [2.24, 2.45) is 0 Å². The van der Waals surface area contributed by atoms with Crippen molar-refractivity contribution in [3.63, 3.8) is 0 Å². The van der Waals surface area contributed by atoms with Crippen LogP contribution < -0.4 is 10.8 Å². The average molecular weight is 412 g/mol. The number of nitrogens with one attached hydrogen (secondary N) is 1. The first-order valence-corrected chi connectivity index (χ1v) is 11.6. The molecule has 9 heteroatoms. The summed E-state index contributed by atoms with van der Waals surface area (Å²) in [7, 11) is -1.38. The van der Waals surface area contributed by atoms with Gasteiger partial charge in [0.15, 0.2) is 0 Å². The number of benzene rings is 1. The van der Waals surface area contributed by atoms with Crippen molar-refractivity contribution in [1.29, 1.82) is 0 Å². The summed E-state index contributed by atoms with van der Waals surface area (Å²) in [5, 5.41) is 3.19. The molecule has 1 N–H and O–H groups in total. The largest absolute Gasteiger partial charge is 0.324 e. The van der Waals surface area contributed by atoms with E-state index in [0.29, 0.717) is 28.9 Å². The van der Waals surface area contributed by atoms with Crippen molar-refractivity contribution in [2.45, 2.75) is 23.5 Å². The summed E-state index contributed by atoms with van der Waals surface area (Å²) in [4.78, 5) is 9.63. The van der Waals surface area contributed by atoms with E-state index in [4.69, 9.17) is 0 Å². The molecule has 2 aromatic heterocycles. The van der Waals surface area contributed by atoms with Crippen molar-refractivity contribution >= 4 is 46.3 Å². The quantitative estimate of drug-likeness (QED) is 0.652. The zero-order valence-corrected chi connectivity index (χ0v) is 17.3. The first kappa shape index (κ1) is 19.1. The minimum absolute atomic E-state index is 0.371. The maximum atomic E-state index is 12.9. The van der Waals surface area contributed by atoms with Crippen molar-refractivity contribution in [3.8, 4) is 10.6 Å². The molecule has 1 saturated heterocycles. The van der Waals surface area contributed by atoms with Crippen LogP contribution >= 0.6 is 11.3 Å². The van der Waals surface area contributed by atoms with E-state index in [2.05, 4.69) is 15.3 Å². The molecule has 3 heterocycles. The molecule has 0 aliphatic carbocycles. The van der Waals surface area contributed by atoms with Crippen LogP contribution in [-0.4, -0.2) is 43.6 Å². The summed E-state index contributed by atoms with van der Waals surface area (Å²) in [6.45, 7) is 1.21. The Kier molecular flexibility index (Phi) is 5.48. The van der Waals surface area contributed by atoms with Gasteiger partial charge in [-0.1, -0.05) is 24.0 Å². The van der Waals surface area contributed by atoms with Crippen LogP contribution in [0.15, 0.2) is 52.9 Å². The van der Waals surface area contributed by atoms with Crippen molar-refractivity contribution < 1.29 is 8.42 Å². The highest BCUT2D eigenvalue weighted by molar-refractivity contribution is 7.91. The monoisotopic (exact) mass is 412 g/mol. The second kappa shape index (κ2) is 8.02. The van der Waals surface area contributed by atoms with Crippen LogP contribution in [0.25, 0.3) is 10.6 Å². The molecule has 28 heavy (non-hydrogen) atoms.